The lowest BCUT2D eigenvalue weighted by atomic mass is 10.1. The summed E-state index contributed by atoms with van der Waals surface area (Å²) in [5, 5.41) is -0.133. The first-order valence-corrected chi connectivity index (χ1v) is 9.27. The van der Waals surface area contributed by atoms with Crippen LogP contribution in [-0.2, 0) is 4.79 Å². The third-order valence-corrected chi connectivity index (χ3v) is 5.49. The first-order valence-electron chi connectivity index (χ1n) is 8.22. The molecule has 25 heavy (non-hydrogen) atoms. The molecule has 1 amide bonds. The molecule has 1 saturated heterocycles. The Morgan fingerprint density at radius 2 is 1.92 bits per heavy atom. The van der Waals surface area contributed by atoms with Crippen LogP contribution in [0.15, 0.2) is 54.6 Å². The Kier molecular flexibility index (Phi) is 5.87. The van der Waals surface area contributed by atoms with Crippen LogP contribution in [0.5, 0.6) is 0 Å². The van der Waals surface area contributed by atoms with E-state index >= 15 is 0 Å². The minimum absolute atomic E-state index is 0.0511. The van der Waals surface area contributed by atoms with Gasteiger partial charge in [0.1, 0.15) is 11.6 Å². The lowest BCUT2D eigenvalue weighted by molar-refractivity contribution is -0.125. The second kappa shape index (κ2) is 8.30. The summed E-state index contributed by atoms with van der Waals surface area (Å²) in [5.74, 6) is -0.168. The highest BCUT2D eigenvalue weighted by atomic mass is 32.2. The number of hydrogen-bond acceptors (Lipinski definition) is 2. The van der Waals surface area contributed by atoms with Crippen molar-refractivity contribution in [1.29, 1.82) is 0 Å². The van der Waals surface area contributed by atoms with Gasteiger partial charge in [0, 0.05) is 35.7 Å². The monoisotopic (exact) mass is 359 g/mol. The van der Waals surface area contributed by atoms with Crippen LogP contribution in [0.2, 0.25) is 0 Å². The van der Waals surface area contributed by atoms with Crippen molar-refractivity contribution in [3.8, 4) is 0 Å². The van der Waals surface area contributed by atoms with Crippen molar-refractivity contribution in [3.63, 3.8) is 0 Å². The van der Waals surface area contributed by atoms with Gasteiger partial charge in [-0.1, -0.05) is 30.3 Å². The van der Waals surface area contributed by atoms with Gasteiger partial charge in [-0.15, -0.1) is 0 Å². The number of carbonyl (C=O) groups is 1. The summed E-state index contributed by atoms with van der Waals surface area (Å²) in [5.41, 5.74) is 1.36. The van der Waals surface area contributed by atoms with E-state index in [4.69, 9.17) is 0 Å². The summed E-state index contributed by atoms with van der Waals surface area (Å²) in [6.07, 6.45) is 3.98. The Labute approximate surface area is 150 Å². The topological polar surface area (TPSA) is 20.3 Å². The van der Waals surface area contributed by atoms with Gasteiger partial charge >= 0.3 is 0 Å². The molecule has 1 unspecified atom stereocenters. The van der Waals surface area contributed by atoms with Crippen LogP contribution < -0.4 is 0 Å². The highest BCUT2D eigenvalue weighted by molar-refractivity contribution is 7.99. The van der Waals surface area contributed by atoms with Crippen LogP contribution in [0, 0.1) is 11.6 Å². The van der Waals surface area contributed by atoms with E-state index in [9.17, 15) is 13.6 Å². The molecule has 0 aromatic heterocycles. The van der Waals surface area contributed by atoms with Gasteiger partial charge in [-0.2, -0.15) is 11.8 Å². The van der Waals surface area contributed by atoms with Gasteiger partial charge in [-0.25, -0.2) is 8.78 Å². The van der Waals surface area contributed by atoms with Crippen molar-refractivity contribution in [3.05, 3.63) is 77.4 Å². The van der Waals surface area contributed by atoms with Crippen LogP contribution in [0.4, 0.5) is 8.78 Å². The fraction of sp³-hybridized carbons (Fsp3) is 0.250. The van der Waals surface area contributed by atoms with Crippen molar-refractivity contribution < 1.29 is 13.6 Å². The molecule has 0 aliphatic carbocycles. The lowest BCUT2D eigenvalue weighted by Gasteiger charge is -2.18. The highest BCUT2D eigenvalue weighted by Gasteiger charge is 2.23. The average molecular weight is 359 g/mol. The van der Waals surface area contributed by atoms with Crippen molar-refractivity contribution in [2.45, 2.75) is 11.7 Å². The second-order valence-electron chi connectivity index (χ2n) is 5.88. The van der Waals surface area contributed by atoms with Gasteiger partial charge in [-0.3, -0.25) is 4.79 Å². The first-order chi connectivity index (χ1) is 12.1. The largest absolute Gasteiger partial charge is 0.338 e. The van der Waals surface area contributed by atoms with Crippen molar-refractivity contribution in [1.82, 2.24) is 4.90 Å². The van der Waals surface area contributed by atoms with Crippen LogP contribution in [-0.4, -0.2) is 29.6 Å². The molecule has 2 aromatic carbocycles. The number of benzene rings is 2. The van der Waals surface area contributed by atoms with Gasteiger partial charge in [0.2, 0.25) is 5.91 Å². The van der Waals surface area contributed by atoms with Crippen LogP contribution in [0.25, 0.3) is 6.08 Å². The normalized spacial score (nSPS) is 18.3. The maximum Gasteiger partial charge on any atom is 0.246 e. The summed E-state index contributed by atoms with van der Waals surface area (Å²) in [7, 11) is 0. The van der Waals surface area contributed by atoms with E-state index in [0.29, 0.717) is 30.8 Å². The van der Waals surface area contributed by atoms with E-state index in [1.807, 2.05) is 30.3 Å². The summed E-state index contributed by atoms with van der Waals surface area (Å²) in [4.78, 5) is 14.2. The predicted octanol–water partition coefficient (Wildman–Crippen LogP) is 4.68. The Morgan fingerprint density at radius 1 is 1.12 bits per heavy atom. The third kappa shape index (κ3) is 4.69. The molecule has 0 radical (unpaired) electrons. The third-order valence-electron chi connectivity index (χ3n) is 4.18. The van der Waals surface area contributed by atoms with E-state index in [2.05, 4.69) is 0 Å². The molecule has 0 N–H and O–H groups in total. The molecule has 0 spiro atoms. The van der Waals surface area contributed by atoms with Gasteiger partial charge in [0.15, 0.2) is 0 Å². The molecule has 1 aliphatic rings. The number of hydrogen-bond donors (Lipinski definition) is 0. The first kappa shape index (κ1) is 17.7. The number of amides is 1. The molecule has 5 heteroatoms. The Bertz CT molecular complexity index is 764. The van der Waals surface area contributed by atoms with Gasteiger partial charge in [-0.05, 0) is 36.3 Å². The zero-order valence-electron chi connectivity index (χ0n) is 13.7. The van der Waals surface area contributed by atoms with Gasteiger partial charge in [0.25, 0.3) is 0 Å². The molecule has 1 heterocycles. The van der Waals surface area contributed by atoms with Crippen molar-refractivity contribution in [2.24, 2.45) is 0 Å². The molecular formula is C20H19F2NOS. The van der Waals surface area contributed by atoms with E-state index in [1.165, 1.54) is 12.1 Å². The number of halogens is 2. The van der Waals surface area contributed by atoms with Crippen molar-refractivity contribution >= 4 is 23.7 Å². The lowest BCUT2D eigenvalue weighted by Crippen LogP contribution is -2.31. The molecule has 3 rings (SSSR count). The number of nitrogens with zero attached hydrogens (tertiary/aromatic N) is 1. The van der Waals surface area contributed by atoms with Gasteiger partial charge < -0.3 is 4.90 Å². The predicted molar refractivity (Wildman–Crippen MR) is 98.2 cm³/mol. The molecule has 1 atom stereocenters. The zero-order chi connectivity index (χ0) is 17.6. The van der Waals surface area contributed by atoms with E-state index < -0.39 is 5.82 Å². The molecule has 0 saturated carbocycles. The Hall–Kier alpha value is -2.14. The Morgan fingerprint density at radius 3 is 2.72 bits per heavy atom. The van der Waals surface area contributed by atoms with Gasteiger partial charge in [0.05, 0.1) is 0 Å². The van der Waals surface area contributed by atoms with Crippen LogP contribution in [0.3, 0.4) is 0 Å². The van der Waals surface area contributed by atoms with Crippen LogP contribution in [0.1, 0.15) is 22.8 Å². The minimum atomic E-state index is -0.431. The Balaban J connectivity index is 1.64. The summed E-state index contributed by atoms with van der Waals surface area (Å²) in [6.45, 7) is 1.14. The molecule has 130 valence electrons. The summed E-state index contributed by atoms with van der Waals surface area (Å²) >= 11 is 1.57. The summed E-state index contributed by atoms with van der Waals surface area (Å²) in [6, 6.07) is 13.2. The highest BCUT2D eigenvalue weighted by Crippen LogP contribution is 2.36. The van der Waals surface area contributed by atoms with Crippen LogP contribution >= 0.6 is 11.8 Å². The molecule has 1 aliphatic heterocycles. The maximum atomic E-state index is 14.0. The van der Waals surface area contributed by atoms with E-state index in [0.717, 1.165) is 11.6 Å². The zero-order valence-corrected chi connectivity index (χ0v) is 14.5. The SMILES string of the molecule is O=C(C=Cc1ccccc1)N1CCSC(c2cc(F)ccc2F)CC1. The van der Waals surface area contributed by atoms with E-state index in [-0.39, 0.29) is 17.0 Å². The molecule has 2 nitrogen and oxygen atoms in total. The molecule has 1 fully saturated rings. The number of rotatable bonds is 3. The minimum Gasteiger partial charge on any atom is -0.338 e. The maximum absolute atomic E-state index is 14.0. The molecule has 2 aromatic rings. The number of thioether (sulfide) groups is 1. The molecule has 0 bridgehead atoms. The fourth-order valence-corrected chi connectivity index (χ4v) is 4.08. The smallest absolute Gasteiger partial charge is 0.246 e. The fourth-order valence-electron chi connectivity index (χ4n) is 2.84. The number of carbonyl (C=O) groups excluding carboxylic acids is 1. The second-order valence-corrected chi connectivity index (χ2v) is 7.19. The average Bonchev–Trinajstić information content (AvgIpc) is 2.89. The van der Waals surface area contributed by atoms with E-state index in [1.54, 1.807) is 28.8 Å². The summed E-state index contributed by atoms with van der Waals surface area (Å²) < 4.78 is 27.4. The molecular weight excluding hydrogens is 340 g/mol. The van der Waals surface area contributed by atoms with Crippen molar-refractivity contribution in [2.75, 3.05) is 18.8 Å². The quantitative estimate of drug-likeness (QED) is 0.742. The standard InChI is InChI=1S/C20H19F2NOS/c21-16-7-8-18(22)17(14-16)19-10-11-23(12-13-25-19)20(24)9-6-15-4-2-1-3-5-15/h1-9,14,19H,10-13H2.